The highest BCUT2D eigenvalue weighted by Crippen LogP contribution is 2.40. The number of hydrogen-bond donors (Lipinski definition) is 1. The third kappa shape index (κ3) is 1.43. The summed E-state index contributed by atoms with van der Waals surface area (Å²) in [5.41, 5.74) is 0.851. The van der Waals surface area contributed by atoms with Crippen molar-refractivity contribution in [3.8, 4) is 5.88 Å². The normalized spacial score (nSPS) is 10.7. The van der Waals surface area contributed by atoms with Crippen LogP contribution in [0.5, 0.6) is 5.88 Å². The molecule has 2 rings (SSSR count). The Balaban J connectivity index is 2.96. The number of aryl methyl sites for hydroxylation is 2. The number of non-ortho nitro benzene ring substituents is 1. The second-order valence-corrected chi connectivity index (χ2v) is 3.74. The zero-order valence-electron chi connectivity index (χ0n) is 9.17. The molecule has 0 aliphatic rings. The highest BCUT2D eigenvalue weighted by molar-refractivity contribution is 5.98. The van der Waals surface area contributed by atoms with Crippen LogP contribution in [0.2, 0.25) is 0 Å². The summed E-state index contributed by atoms with van der Waals surface area (Å²) in [5, 5.41) is 23.4. The third-order valence-electron chi connectivity index (χ3n) is 2.71. The molecule has 0 unspecified atom stereocenters. The van der Waals surface area contributed by atoms with E-state index in [4.69, 9.17) is 0 Å². The summed E-state index contributed by atoms with van der Waals surface area (Å²) in [6, 6.07) is 2.62. The number of nitrogens with zero attached hydrogens (tertiary/aromatic N) is 3. The van der Waals surface area contributed by atoms with Gasteiger partial charge in [0.05, 0.1) is 10.4 Å². The van der Waals surface area contributed by atoms with Crippen molar-refractivity contribution in [2.75, 3.05) is 0 Å². The Kier molecular flexibility index (Phi) is 2.31. The molecule has 0 saturated carbocycles. The second kappa shape index (κ2) is 3.55. The van der Waals surface area contributed by atoms with Gasteiger partial charge in [0.2, 0.25) is 5.88 Å². The lowest BCUT2D eigenvalue weighted by Crippen LogP contribution is -1.92. The van der Waals surface area contributed by atoms with E-state index >= 15 is 0 Å². The molecule has 17 heavy (non-hydrogen) atoms. The minimum Gasteiger partial charge on any atom is -0.493 e. The minimum atomic E-state index is -0.551. The van der Waals surface area contributed by atoms with Crippen molar-refractivity contribution in [1.29, 1.82) is 0 Å². The van der Waals surface area contributed by atoms with Gasteiger partial charge in [-0.15, -0.1) is 4.91 Å². The van der Waals surface area contributed by atoms with Gasteiger partial charge in [-0.05, 0) is 17.7 Å². The van der Waals surface area contributed by atoms with Gasteiger partial charge in [0.25, 0.3) is 5.69 Å². The van der Waals surface area contributed by atoms with Crippen LogP contribution in [0.4, 0.5) is 11.4 Å². The van der Waals surface area contributed by atoms with E-state index in [1.54, 1.807) is 14.0 Å². The van der Waals surface area contributed by atoms with Crippen molar-refractivity contribution >= 4 is 22.3 Å². The number of nitro benzene ring substituents is 1. The summed E-state index contributed by atoms with van der Waals surface area (Å²) in [7, 11) is 1.56. The zero-order valence-corrected chi connectivity index (χ0v) is 9.17. The first-order valence-electron chi connectivity index (χ1n) is 4.77. The van der Waals surface area contributed by atoms with Crippen LogP contribution in [0.1, 0.15) is 5.56 Å². The number of hydrogen-bond acceptors (Lipinski definition) is 5. The number of rotatable bonds is 2. The van der Waals surface area contributed by atoms with Crippen LogP contribution in [0, 0.1) is 21.9 Å². The van der Waals surface area contributed by atoms with E-state index in [1.807, 2.05) is 0 Å². The Hall–Kier alpha value is -2.44. The Bertz CT molecular complexity index is 645. The molecule has 1 aromatic heterocycles. The second-order valence-electron chi connectivity index (χ2n) is 3.74. The molecular weight excluding hydrogens is 226 g/mol. The topological polar surface area (TPSA) is 97.7 Å². The van der Waals surface area contributed by atoms with Gasteiger partial charge in [-0.3, -0.25) is 10.1 Å². The molecule has 1 N–H and O–H groups in total. The van der Waals surface area contributed by atoms with Crippen LogP contribution < -0.4 is 0 Å². The Morgan fingerprint density at radius 3 is 2.65 bits per heavy atom. The van der Waals surface area contributed by atoms with E-state index < -0.39 is 4.92 Å². The van der Waals surface area contributed by atoms with Gasteiger partial charge in [0, 0.05) is 24.6 Å². The smallest absolute Gasteiger partial charge is 0.270 e. The molecule has 7 heteroatoms. The van der Waals surface area contributed by atoms with Gasteiger partial charge in [-0.2, -0.15) is 0 Å². The third-order valence-corrected chi connectivity index (χ3v) is 2.71. The molecule has 2 aromatic rings. The van der Waals surface area contributed by atoms with Crippen molar-refractivity contribution in [3.05, 3.63) is 32.7 Å². The molecule has 0 bridgehead atoms. The first-order valence-corrected chi connectivity index (χ1v) is 4.77. The molecule has 0 atom stereocenters. The predicted octanol–water partition coefficient (Wildman–Crippen LogP) is 2.50. The number of aromatic nitrogens is 1. The Morgan fingerprint density at radius 2 is 2.12 bits per heavy atom. The fourth-order valence-corrected chi connectivity index (χ4v) is 1.97. The number of aromatic hydroxyl groups is 1. The zero-order chi connectivity index (χ0) is 12.7. The molecule has 0 aliphatic carbocycles. The average molecular weight is 235 g/mol. The Morgan fingerprint density at radius 1 is 1.47 bits per heavy atom. The summed E-state index contributed by atoms with van der Waals surface area (Å²) in [5.74, 6) is -0.293. The molecule has 1 aromatic carbocycles. The molecule has 0 radical (unpaired) electrons. The van der Waals surface area contributed by atoms with Crippen LogP contribution in [-0.4, -0.2) is 14.6 Å². The van der Waals surface area contributed by atoms with Gasteiger partial charge < -0.3 is 9.67 Å². The highest BCUT2D eigenvalue weighted by atomic mass is 16.6. The van der Waals surface area contributed by atoms with Crippen LogP contribution in [-0.2, 0) is 7.05 Å². The molecule has 7 nitrogen and oxygen atoms in total. The van der Waals surface area contributed by atoms with E-state index in [1.165, 1.54) is 16.7 Å². The standard InChI is InChI=1S/C10H9N3O4/c1-5-3-6(13(16)17)4-7-8(11-15)10(14)12(2)9(5)7/h3-4,14H,1-2H3. The Labute approximate surface area is 95.4 Å². The van der Waals surface area contributed by atoms with Gasteiger partial charge in [-0.25, -0.2) is 0 Å². The molecule has 88 valence electrons. The van der Waals surface area contributed by atoms with Crippen LogP contribution >= 0.6 is 0 Å². The van der Waals surface area contributed by atoms with E-state index in [-0.39, 0.29) is 22.6 Å². The van der Waals surface area contributed by atoms with E-state index in [9.17, 15) is 20.1 Å². The van der Waals surface area contributed by atoms with Crippen molar-refractivity contribution in [2.45, 2.75) is 6.92 Å². The average Bonchev–Trinajstić information content (AvgIpc) is 2.51. The SMILES string of the molecule is Cc1cc([N+](=O)[O-])cc2c(N=O)c(O)n(C)c12. The lowest BCUT2D eigenvalue weighted by molar-refractivity contribution is -0.384. The van der Waals surface area contributed by atoms with Crippen molar-refractivity contribution in [3.63, 3.8) is 0 Å². The monoisotopic (exact) mass is 235 g/mol. The summed E-state index contributed by atoms with van der Waals surface area (Å²) in [4.78, 5) is 20.8. The quantitative estimate of drug-likeness (QED) is 0.491. The molecule has 0 spiro atoms. The summed E-state index contributed by atoms with van der Waals surface area (Å²) >= 11 is 0. The van der Waals surface area contributed by atoms with E-state index in [0.29, 0.717) is 11.1 Å². The molecular formula is C10H9N3O4. The van der Waals surface area contributed by atoms with Gasteiger partial charge in [0.15, 0.2) is 5.69 Å². The maximum absolute atomic E-state index is 10.7. The summed E-state index contributed by atoms with van der Waals surface area (Å²) in [6.45, 7) is 1.67. The van der Waals surface area contributed by atoms with Crippen LogP contribution in [0.3, 0.4) is 0 Å². The number of nitroso groups, excluding NO2 is 1. The number of benzene rings is 1. The summed E-state index contributed by atoms with van der Waals surface area (Å²) < 4.78 is 1.38. The molecule has 1 heterocycles. The maximum atomic E-state index is 10.7. The van der Waals surface area contributed by atoms with Crippen molar-refractivity contribution in [1.82, 2.24) is 4.57 Å². The van der Waals surface area contributed by atoms with Gasteiger partial charge >= 0.3 is 0 Å². The van der Waals surface area contributed by atoms with Crippen molar-refractivity contribution in [2.24, 2.45) is 12.2 Å². The van der Waals surface area contributed by atoms with Crippen LogP contribution in [0.25, 0.3) is 10.9 Å². The fourth-order valence-electron chi connectivity index (χ4n) is 1.97. The van der Waals surface area contributed by atoms with Gasteiger partial charge in [-0.1, -0.05) is 0 Å². The minimum absolute atomic E-state index is 0.134. The molecule has 0 aliphatic heterocycles. The predicted molar refractivity (Wildman–Crippen MR) is 61.4 cm³/mol. The fraction of sp³-hybridized carbons (Fsp3) is 0.200. The first-order chi connectivity index (χ1) is 7.97. The molecule has 0 saturated heterocycles. The van der Waals surface area contributed by atoms with Crippen molar-refractivity contribution < 1.29 is 10.0 Å². The lowest BCUT2D eigenvalue weighted by atomic mass is 10.1. The maximum Gasteiger partial charge on any atom is 0.270 e. The lowest BCUT2D eigenvalue weighted by Gasteiger charge is -2.01. The summed E-state index contributed by atoms with van der Waals surface area (Å²) in [6.07, 6.45) is 0. The number of fused-ring (bicyclic) bond motifs is 1. The van der Waals surface area contributed by atoms with Crippen LogP contribution in [0.15, 0.2) is 17.3 Å². The number of nitro groups is 1. The largest absolute Gasteiger partial charge is 0.493 e. The molecule has 0 fully saturated rings. The highest BCUT2D eigenvalue weighted by Gasteiger charge is 2.20. The van der Waals surface area contributed by atoms with Gasteiger partial charge in [0.1, 0.15) is 0 Å². The first kappa shape index (κ1) is 11.1. The van der Waals surface area contributed by atoms with E-state index in [0.717, 1.165) is 0 Å². The molecule has 0 amide bonds. The van der Waals surface area contributed by atoms with E-state index in [2.05, 4.69) is 5.18 Å².